The van der Waals surface area contributed by atoms with Crippen LogP contribution >= 0.6 is 23.8 Å². The minimum Gasteiger partial charge on any atom is -0.467 e. The molecule has 0 atom stereocenters. The van der Waals surface area contributed by atoms with Gasteiger partial charge in [-0.2, -0.15) is 15.0 Å². The fraction of sp³-hybridized carbons (Fsp3) is 0.600. The lowest BCUT2D eigenvalue weighted by molar-refractivity contribution is 0.377. The Kier molecular flexibility index (Phi) is 5.49. The highest BCUT2D eigenvalue weighted by molar-refractivity contribution is 7.80. The van der Waals surface area contributed by atoms with Gasteiger partial charge >= 0.3 is 6.01 Å². The average Bonchev–Trinajstić information content (AvgIpc) is 2.27. The molecule has 1 aromatic rings. The topological polar surface area (TPSA) is 77.2 Å². The molecule has 0 aliphatic carbocycles. The van der Waals surface area contributed by atoms with E-state index in [9.17, 15) is 0 Å². The molecule has 1 heterocycles. The first kappa shape index (κ1) is 14.8. The molecule has 8 heteroatoms. The molecule has 1 aromatic heterocycles. The molecular weight excluding hydrogens is 274 g/mol. The molecule has 0 spiro atoms. The van der Waals surface area contributed by atoms with Gasteiger partial charge in [0.25, 0.3) is 0 Å². The Morgan fingerprint density at radius 2 is 2.11 bits per heavy atom. The first-order valence-electron chi connectivity index (χ1n) is 5.44. The highest BCUT2D eigenvalue weighted by Crippen LogP contribution is 2.17. The molecule has 18 heavy (non-hydrogen) atoms. The van der Waals surface area contributed by atoms with E-state index < -0.39 is 0 Å². The highest BCUT2D eigenvalue weighted by atomic mass is 35.5. The summed E-state index contributed by atoms with van der Waals surface area (Å²) in [6.07, 6.45) is 0.582. The molecule has 0 amide bonds. The molecule has 0 saturated heterocycles. The van der Waals surface area contributed by atoms with E-state index in [1.165, 1.54) is 7.11 Å². The second kappa shape index (κ2) is 6.65. The van der Waals surface area contributed by atoms with Crippen LogP contribution in [-0.4, -0.2) is 39.6 Å². The number of nitrogens with two attached hydrogens (primary N) is 1. The molecule has 1 rings (SSSR count). The quantitative estimate of drug-likeness (QED) is 0.794. The van der Waals surface area contributed by atoms with E-state index in [1.54, 1.807) is 0 Å². The van der Waals surface area contributed by atoms with Crippen molar-refractivity contribution in [1.82, 2.24) is 15.0 Å². The molecule has 100 valence electrons. The molecule has 6 nitrogen and oxygen atoms in total. The van der Waals surface area contributed by atoms with Crippen LogP contribution in [0.4, 0.5) is 5.95 Å². The van der Waals surface area contributed by atoms with Crippen LogP contribution in [0.2, 0.25) is 5.28 Å². The first-order chi connectivity index (χ1) is 8.43. The van der Waals surface area contributed by atoms with Crippen LogP contribution in [0.25, 0.3) is 0 Å². The van der Waals surface area contributed by atoms with Gasteiger partial charge in [0, 0.05) is 19.0 Å². The monoisotopic (exact) mass is 289 g/mol. The summed E-state index contributed by atoms with van der Waals surface area (Å²) in [7, 11) is 1.48. The predicted octanol–water partition coefficient (Wildman–Crippen LogP) is 1.42. The smallest absolute Gasteiger partial charge is 0.322 e. The summed E-state index contributed by atoms with van der Waals surface area (Å²) in [5, 5.41) is 0.0952. The van der Waals surface area contributed by atoms with Crippen molar-refractivity contribution in [3.63, 3.8) is 0 Å². The third-order valence-corrected chi connectivity index (χ3v) is 2.61. The molecule has 2 N–H and O–H groups in total. The second-order valence-corrected chi connectivity index (χ2v) is 4.76. The van der Waals surface area contributed by atoms with E-state index >= 15 is 0 Å². The van der Waals surface area contributed by atoms with Crippen molar-refractivity contribution in [3.05, 3.63) is 5.28 Å². The summed E-state index contributed by atoms with van der Waals surface area (Å²) in [5.74, 6) is 0.457. The summed E-state index contributed by atoms with van der Waals surface area (Å²) in [5.41, 5.74) is 5.51. The van der Waals surface area contributed by atoms with Gasteiger partial charge in [0.05, 0.1) is 12.1 Å². The number of ether oxygens (including phenoxy) is 1. The van der Waals surface area contributed by atoms with Gasteiger partial charge in [0.15, 0.2) is 0 Å². The minimum atomic E-state index is 0.0952. The Hall–Kier alpha value is -1.21. The van der Waals surface area contributed by atoms with Gasteiger partial charge in [-0.3, -0.25) is 0 Å². The summed E-state index contributed by atoms with van der Waals surface area (Å²) in [6.45, 7) is 4.66. The number of hydrogen-bond acceptors (Lipinski definition) is 6. The van der Waals surface area contributed by atoms with Crippen molar-refractivity contribution < 1.29 is 4.74 Å². The molecule has 0 unspecified atom stereocenters. The van der Waals surface area contributed by atoms with E-state index in [2.05, 4.69) is 15.0 Å². The van der Waals surface area contributed by atoms with Gasteiger partial charge in [-0.05, 0) is 25.4 Å². The zero-order valence-corrected chi connectivity index (χ0v) is 12.1. The van der Waals surface area contributed by atoms with Gasteiger partial charge in [0.1, 0.15) is 0 Å². The summed E-state index contributed by atoms with van der Waals surface area (Å²) in [6, 6.07) is 0.369. The third kappa shape index (κ3) is 4.23. The molecule has 0 radical (unpaired) electrons. The molecular formula is C10H16ClN5OS. The largest absolute Gasteiger partial charge is 0.467 e. The Balaban J connectivity index is 2.97. The van der Waals surface area contributed by atoms with Crippen molar-refractivity contribution in [1.29, 1.82) is 0 Å². The van der Waals surface area contributed by atoms with Crippen LogP contribution in [0, 0.1) is 0 Å². The van der Waals surface area contributed by atoms with E-state index in [4.69, 9.17) is 34.3 Å². The van der Waals surface area contributed by atoms with Crippen LogP contribution in [0.5, 0.6) is 6.01 Å². The fourth-order valence-corrected chi connectivity index (χ4v) is 1.60. The maximum atomic E-state index is 5.82. The summed E-state index contributed by atoms with van der Waals surface area (Å²) < 4.78 is 4.97. The van der Waals surface area contributed by atoms with Crippen LogP contribution in [0.1, 0.15) is 20.3 Å². The van der Waals surface area contributed by atoms with E-state index in [0.717, 1.165) is 0 Å². The number of halogens is 1. The van der Waals surface area contributed by atoms with Gasteiger partial charge in [-0.15, -0.1) is 0 Å². The SMILES string of the molecule is COc1nc(Cl)nc(N(CCC(N)=S)C(C)C)n1. The zero-order valence-electron chi connectivity index (χ0n) is 10.6. The minimum absolute atomic E-state index is 0.0952. The zero-order chi connectivity index (χ0) is 13.7. The van der Waals surface area contributed by atoms with Crippen LogP contribution in [0.3, 0.4) is 0 Å². The number of methoxy groups -OCH3 is 1. The lowest BCUT2D eigenvalue weighted by Gasteiger charge is -2.26. The van der Waals surface area contributed by atoms with E-state index in [-0.39, 0.29) is 17.3 Å². The fourth-order valence-electron chi connectivity index (χ4n) is 1.36. The highest BCUT2D eigenvalue weighted by Gasteiger charge is 2.16. The second-order valence-electron chi connectivity index (χ2n) is 3.89. The molecule has 0 saturated carbocycles. The van der Waals surface area contributed by atoms with Crippen molar-refractivity contribution in [2.45, 2.75) is 26.3 Å². The van der Waals surface area contributed by atoms with Gasteiger partial charge in [-0.25, -0.2) is 0 Å². The maximum absolute atomic E-state index is 5.82. The number of hydrogen-bond donors (Lipinski definition) is 1. The van der Waals surface area contributed by atoms with E-state index in [1.807, 2.05) is 18.7 Å². The number of rotatable bonds is 6. The van der Waals surface area contributed by atoms with Gasteiger partial charge in [0.2, 0.25) is 11.2 Å². The van der Waals surface area contributed by atoms with Crippen molar-refractivity contribution in [3.8, 4) is 6.01 Å². The average molecular weight is 290 g/mol. The summed E-state index contributed by atoms with van der Waals surface area (Å²) >= 11 is 10.7. The van der Waals surface area contributed by atoms with Crippen LogP contribution in [0.15, 0.2) is 0 Å². The molecule has 0 aromatic carbocycles. The van der Waals surface area contributed by atoms with Crippen molar-refractivity contribution in [2.24, 2.45) is 5.73 Å². The third-order valence-electron chi connectivity index (χ3n) is 2.24. The summed E-state index contributed by atoms with van der Waals surface area (Å²) in [4.78, 5) is 14.5. The molecule has 0 bridgehead atoms. The number of nitrogens with zero attached hydrogens (tertiary/aromatic N) is 4. The number of thiocarbonyl (C=S) groups is 1. The van der Waals surface area contributed by atoms with Gasteiger partial charge in [-0.1, -0.05) is 12.2 Å². The van der Waals surface area contributed by atoms with Crippen molar-refractivity contribution >= 4 is 34.8 Å². The normalized spacial score (nSPS) is 10.5. The Labute approximate surface area is 117 Å². The van der Waals surface area contributed by atoms with E-state index in [0.29, 0.717) is 23.9 Å². The standard InChI is InChI=1S/C10H16ClN5OS/c1-6(2)16(5-4-7(12)18)9-13-8(11)14-10(15-9)17-3/h6H,4-5H2,1-3H3,(H2,12,18). The lowest BCUT2D eigenvalue weighted by Crippen LogP contribution is -2.35. The molecule has 0 aliphatic heterocycles. The first-order valence-corrected chi connectivity index (χ1v) is 6.23. The molecule has 0 fully saturated rings. The lowest BCUT2D eigenvalue weighted by atomic mass is 10.3. The Bertz CT molecular complexity index is 429. The number of anilines is 1. The Morgan fingerprint density at radius 3 is 2.61 bits per heavy atom. The predicted molar refractivity (Wildman–Crippen MR) is 75.3 cm³/mol. The Morgan fingerprint density at radius 1 is 1.44 bits per heavy atom. The van der Waals surface area contributed by atoms with Crippen molar-refractivity contribution in [2.75, 3.05) is 18.6 Å². The molecule has 0 aliphatic rings. The van der Waals surface area contributed by atoms with Crippen LogP contribution < -0.4 is 15.4 Å². The van der Waals surface area contributed by atoms with Gasteiger partial charge < -0.3 is 15.4 Å². The van der Waals surface area contributed by atoms with Crippen LogP contribution in [-0.2, 0) is 0 Å². The maximum Gasteiger partial charge on any atom is 0.322 e. The number of aromatic nitrogens is 3.